The van der Waals surface area contributed by atoms with Crippen LogP contribution in [0.4, 0.5) is 5.69 Å². The second-order valence-corrected chi connectivity index (χ2v) is 7.44. The summed E-state index contributed by atoms with van der Waals surface area (Å²) in [6.45, 7) is 1.47. The molecule has 0 unspecified atom stereocenters. The minimum atomic E-state index is -0.972. The summed E-state index contributed by atoms with van der Waals surface area (Å²) in [6, 6.07) is 4.80. The molecule has 0 saturated carbocycles. The van der Waals surface area contributed by atoms with Crippen LogP contribution in [-0.4, -0.2) is 40.9 Å². The number of likely N-dealkylation sites (tertiary alicyclic amines) is 1. The number of carboxylic acid groups (broad SMARTS) is 1. The minimum absolute atomic E-state index is 0.0964. The number of carbonyl (C=O) groups excluding carboxylic acids is 2. The standard InChI is InChI=1S/C20H23ClN2O4/c21-17-12-13(8-9-16(17)19(25)23-10-4-1-5-11-23)22-18(24)14-6-2-3-7-15(14)20(26)27/h2-3,8-9,12,14-15H,1,4-7,10-11H2,(H,22,24)(H,26,27)/t14-,15+/m0/s1. The Labute approximate surface area is 163 Å². The molecule has 6 nitrogen and oxygen atoms in total. The fourth-order valence-electron chi connectivity index (χ4n) is 3.65. The van der Waals surface area contributed by atoms with Crippen molar-refractivity contribution in [3.8, 4) is 0 Å². The van der Waals surface area contributed by atoms with Gasteiger partial charge in [0.05, 0.1) is 22.4 Å². The maximum absolute atomic E-state index is 12.6. The number of halogens is 1. The smallest absolute Gasteiger partial charge is 0.307 e. The van der Waals surface area contributed by atoms with E-state index >= 15 is 0 Å². The largest absolute Gasteiger partial charge is 0.481 e. The van der Waals surface area contributed by atoms with Gasteiger partial charge in [0.1, 0.15) is 0 Å². The number of nitrogens with one attached hydrogen (secondary N) is 1. The van der Waals surface area contributed by atoms with E-state index < -0.39 is 17.8 Å². The zero-order chi connectivity index (χ0) is 19.4. The average molecular weight is 391 g/mol. The Kier molecular flexibility index (Phi) is 6.16. The number of hydrogen-bond donors (Lipinski definition) is 2. The first-order chi connectivity index (χ1) is 13.0. The van der Waals surface area contributed by atoms with Crippen LogP contribution in [0.1, 0.15) is 42.5 Å². The molecule has 0 radical (unpaired) electrons. The number of nitrogens with zero attached hydrogens (tertiary/aromatic N) is 1. The van der Waals surface area contributed by atoms with Crippen LogP contribution in [0.2, 0.25) is 5.02 Å². The van der Waals surface area contributed by atoms with E-state index in [1.54, 1.807) is 29.2 Å². The van der Waals surface area contributed by atoms with Gasteiger partial charge in [0.2, 0.25) is 5.91 Å². The predicted molar refractivity (Wildman–Crippen MR) is 103 cm³/mol. The Hall–Kier alpha value is -2.34. The van der Waals surface area contributed by atoms with Gasteiger partial charge in [-0.05, 0) is 50.3 Å². The van der Waals surface area contributed by atoms with E-state index in [-0.39, 0.29) is 16.8 Å². The van der Waals surface area contributed by atoms with E-state index in [0.29, 0.717) is 24.1 Å². The van der Waals surface area contributed by atoms with Gasteiger partial charge in [-0.2, -0.15) is 0 Å². The quantitative estimate of drug-likeness (QED) is 0.769. The van der Waals surface area contributed by atoms with Crippen LogP contribution in [0.25, 0.3) is 0 Å². The summed E-state index contributed by atoms with van der Waals surface area (Å²) in [5.41, 5.74) is 0.875. The Morgan fingerprint density at radius 3 is 2.33 bits per heavy atom. The van der Waals surface area contributed by atoms with Crippen LogP contribution >= 0.6 is 11.6 Å². The molecule has 1 aliphatic carbocycles. The lowest BCUT2D eigenvalue weighted by atomic mass is 9.82. The van der Waals surface area contributed by atoms with Crippen LogP contribution in [0.15, 0.2) is 30.4 Å². The third kappa shape index (κ3) is 4.50. The van der Waals surface area contributed by atoms with E-state index in [0.717, 1.165) is 32.4 Å². The molecule has 7 heteroatoms. The number of aliphatic carboxylic acids is 1. The first-order valence-corrected chi connectivity index (χ1v) is 9.62. The Morgan fingerprint density at radius 2 is 1.70 bits per heavy atom. The van der Waals surface area contributed by atoms with Gasteiger partial charge in [-0.25, -0.2) is 0 Å². The number of anilines is 1. The summed E-state index contributed by atoms with van der Waals surface area (Å²) in [6.07, 6.45) is 7.49. The Morgan fingerprint density at radius 1 is 1.04 bits per heavy atom. The lowest BCUT2D eigenvalue weighted by Crippen LogP contribution is -2.36. The molecule has 1 aromatic rings. The van der Waals surface area contributed by atoms with Crippen molar-refractivity contribution in [2.24, 2.45) is 11.8 Å². The van der Waals surface area contributed by atoms with Gasteiger partial charge < -0.3 is 15.3 Å². The Bertz CT molecular complexity index is 771. The van der Waals surface area contributed by atoms with Gasteiger partial charge in [0.15, 0.2) is 0 Å². The molecule has 3 rings (SSSR count). The molecule has 0 bridgehead atoms. The van der Waals surface area contributed by atoms with Crippen molar-refractivity contribution >= 4 is 35.1 Å². The summed E-state index contributed by atoms with van der Waals surface area (Å²) in [4.78, 5) is 38.3. The van der Waals surface area contributed by atoms with Crippen LogP contribution in [0, 0.1) is 11.8 Å². The molecule has 1 saturated heterocycles. The molecule has 1 aliphatic heterocycles. The molecule has 144 valence electrons. The number of piperidine rings is 1. The Balaban J connectivity index is 1.70. The monoisotopic (exact) mass is 390 g/mol. The summed E-state index contributed by atoms with van der Waals surface area (Å²) in [5.74, 6) is -2.77. The average Bonchev–Trinajstić information content (AvgIpc) is 2.68. The van der Waals surface area contributed by atoms with Crippen molar-refractivity contribution in [1.82, 2.24) is 4.90 Å². The molecule has 1 heterocycles. The predicted octanol–water partition coefficient (Wildman–Crippen LogP) is 3.57. The molecule has 1 aromatic carbocycles. The van der Waals surface area contributed by atoms with Crippen LogP contribution in [0.3, 0.4) is 0 Å². The molecular weight excluding hydrogens is 368 g/mol. The topological polar surface area (TPSA) is 86.7 Å². The fraction of sp³-hybridized carbons (Fsp3) is 0.450. The lowest BCUT2D eigenvalue weighted by Gasteiger charge is -2.27. The van der Waals surface area contributed by atoms with Crippen molar-refractivity contribution in [2.75, 3.05) is 18.4 Å². The molecule has 27 heavy (non-hydrogen) atoms. The first kappa shape index (κ1) is 19.4. The van der Waals surface area contributed by atoms with Gasteiger partial charge >= 0.3 is 5.97 Å². The van der Waals surface area contributed by atoms with Crippen molar-refractivity contribution < 1.29 is 19.5 Å². The van der Waals surface area contributed by atoms with Crippen LogP contribution < -0.4 is 5.32 Å². The molecule has 1 fully saturated rings. The molecule has 2 N–H and O–H groups in total. The van der Waals surface area contributed by atoms with Gasteiger partial charge in [-0.15, -0.1) is 0 Å². The zero-order valence-corrected chi connectivity index (χ0v) is 15.7. The highest BCUT2D eigenvalue weighted by atomic mass is 35.5. The number of benzene rings is 1. The molecular formula is C20H23ClN2O4. The van der Waals surface area contributed by atoms with E-state index in [2.05, 4.69) is 5.32 Å². The normalized spacial score (nSPS) is 22.3. The zero-order valence-electron chi connectivity index (χ0n) is 15.0. The van der Waals surface area contributed by atoms with Crippen molar-refractivity contribution in [3.63, 3.8) is 0 Å². The summed E-state index contributed by atoms with van der Waals surface area (Å²) in [7, 11) is 0. The molecule has 2 aliphatic rings. The highest BCUT2D eigenvalue weighted by Crippen LogP contribution is 2.29. The summed E-state index contributed by atoms with van der Waals surface area (Å²) in [5, 5.41) is 12.3. The van der Waals surface area contributed by atoms with E-state index in [1.807, 2.05) is 6.08 Å². The number of carboxylic acids is 1. The van der Waals surface area contributed by atoms with E-state index in [9.17, 15) is 19.5 Å². The highest BCUT2D eigenvalue weighted by molar-refractivity contribution is 6.34. The number of carbonyl (C=O) groups is 3. The summed E-state index contributed by atoms with van der Waals surface area (Å²) >= 11 is 6.29. The van der Waals surface area contributed by atoms with Crippen molar-refractivity contribution in [3.05, 3.63) is 40.9 Å². The van der Waals surface area contributed by atoms with Gasteiger partial charge in [-0.1, -0.05) is 23.8 Å². The van der Waals surface area contributed by atoms with Gasteiger partial charge in [0.25, 0.3) is 5.91 Å². The van der Waals surface area contributed by atoms with Crippen molar-refractivity contribution in [1.29, 1.82) is 0 Å². The second kappa shape index (κ2) is 8.57. The third-order valence-electron chi connectivity index (χ3n) is 5.20. The highest BCUT2D eigenvalue weighted by Gasteiger charge is 2.34. The number of amides is 2. The maximum Gasteiger partial charge on any atom is 0.307 e. The number of hydrogen-bond acceptors (Lipinski definition) is 3. The number of allylic oxidation sites excluding steroid dienone is 2. The fourth-order valence-corrected chi connectivity index (χ4v) is 3.91. The van der Waals surface area contributed by atoms with Crippen LogP contribution in [0.5, 0.6) is 0 Å². The summed E-state index contributed by atoms with van der Waals surface area (Å²) < 4.78 is 0. The minimum Gasteiger partial charge on any atom is -0.481 e. The number of rotatable bonds is 4. The first-order valence-electron chi connectivity index (χ1n) is 9.25. The molecule has 0 spiro atoms. The maximum atomic E-state index is 12.6. The SMILES string of the molecule is O=C(Nc1ccc(C(=O)N2CCCCC2)c(Cl)c1)[C@H]1CC=CC[C@H]1C(=O)O. The van der Waals surface area contributed by atoms with Crippen LogP contribution in [-0.2, 0) is 9.59 Å². The van der Waals surface area contributed by atoms with Gasteiger partial charge in [0, 0.05) is 18.8 Å². The van der Waals surface area contributed by atoms with E-state index in [4.69, 9.17) is 11.6 Å². The third-order valence-corrected chi connectivity index (χ3v) is 5.51. The molecule has 2 atom stereocenters. The second-order valence-electron chi connectivity index (χ2n) is 7.03. The molecule has 0 aromatic heterocycles. The van der Waals surface area contributed by atoms with E-state index in [1.165, 1.54) is 0 Å². The van der Waals surface area contributed by atoms with Crippen molar-refractivity contribution in [2.45, 2.75) is 32.1 Å². The lowest BCUT2D eigenvalue weighted by molar-refractivity contribution is -0.146. The molecule has 2 amide bonds. The van der Waals surface area contributed by atoms with Gasteiger partial charge in [-0.3, -0.25) is 14.4 Å².